The third-order valence-corrected chi connectivity index (χ3v) is 5.16. The summed E-state index contributed by atoms with van der Waals surface area (Å²) in [5.41, 5.74) is 2.38. The minimum absolute atomic E-state index is 0.0656. The number of nitrogens with one attached hydrogen (secondary N) is 1. The summed E-state index contributed by atoms with van der Waals surface area (Å²) in [5.74, 6) is -1.04. The van der Waals surface area contributed by atoms with Gasteiger partial charge >= 0.3 is 0 Å². The number of hydrogen-bond acceptors (Lipinski definition) is 4. The van der Waals surface area contributed by atoms with Gasteiger partial charge in [-0.15, -0.1) is 0 Å². The second-order valence-electron chi connectivity index (χ2n) is 7.47. The second kappa shape index (κ2) is 8.06. The van der Waals surface area contributed by atoms with E-state index in [2.05, 4.69) is 15.3 Å². The SMILES string of the molecule is CC(C)n1cnc2c1C(C(=O)Nc1ccc(F)cc1)N(C(=O)c1cccnc1)CC2. The summed E-state index contributed by atoms with van der Waals surface area (Å²) in [7, 11) is 0. The van der Waals surface area contributed by atoms with Gasteiger partial charge in [-0.2, -0.15) is 0 Å². The lowest BCUT2D eigenvalue weighted by molar-refractivity contribution is -0.121. The number of pyridine rings is 1. The maximum Gasteiger partial charge on any atom is 0.256 e. The Morgan fingerprint density at radius 2 is 1.97 bits per heavy atom. The normalized spacial score (nSPS) is 15.7. The molecule has 0 saturated carbocycles. The number of halogens is 1. The van der Waals surface area contributed by atoms with Crippen LogP contribution in [-0.4, -0.2) is 37.8 Å². The number of nitrogens with zero attached hydrogens (tertiary/aromatic N) is 4. The summed E-state index contributed by atoms with van der Waals surface area (Å²) in [6.45, 7) is 4.36. The van der Waals surface area contributed by atoms with E-state index in [1.807, 2.05) is 18.4 Å². The van der Waals surface area contributed by atoms with Gasteiger partial charge in [0.15, 0.2) is 6.04 Å². The Hall–Kier alpha value is -3.55. The van der Waals surface area contributed by atoms with Crippen LogP contribution in [0.1, 0.15) is 47.7 Å². The molecule has 0 radical (unpaired) electrons. The van der Waals surface area contributed by atoms with Crippen LogP contribution in [0.3, 0.4) is 0 Å². The summed E-state index contributed by atoms with van der Waals surface area (Å²) >= 11 is 0. The van der Waals surface area contributed by atoms with Crippen molar-refractivity contribution in [1.29, 1.82) is 0 Å². The Morgan fingerprint density at radius 1 is 1.20 bits per heavy atom. The molecule has 0 bridgehead atoms. The fraction of sp³-hybridized carbons (Fsp3) is 0.273. The number of fused-ring (bicyclic) bond motifs is 1. The van der Waals surface area contributed by atoms with E-state index in [1.54, 1.807) is 29.6 Å². The minimum atomic E-state index is -0.864. The van der Waals surface area contributed by atoms with Crippen molar-refractivity contribution in [3.05, 3.63) is 77.9 Å². The van der Waals surface area contributed by atoms with Gasteiger partial charge in [0.05, 0.1) is 23.3 Å². The molecule has 1 N–H and O–H groups in total. The molecular weight excluding hydrogens is 385 g/mol. The number of amides is 2. The van der Waals surface area contributed by atoms with Gasteiger partial charge in [0, 0.05) is 37.1 Å². The zero-order valence-electron chi connectivity index (χ0n) is 16.7. The number of imidazole rings is 1. The first-order valence-electron chi connectivity index (χ1n) is 9.78. The molecule has 1 aromatic carbocycles. The highest BCUT2D eigenvalue weighted by Crippen LogP contribution is 2.33. The lowest BCUT2D eigenvalue weighted by Crippen LogP contribution is -2.46. The summed E-state index contributed by atoms with van der Waals surface area (Å²) < 4.78 is 15.2. The molecule has 3 aromatic rings. The van der Waals surface area contributed by atoms with Crippen LogP contribution in [0.25, 0.3) is 0 Å². The molecule has 8 heteroatoms. The molecule has 4 rings (SSSR count). The van der Waals surface area contributed by atoms with Crippen LogP contribution in [-0.2, 0) is 11.2 Å². The zero-order valence-corrected chi connectivity index (χ0v) is 16.7. The van der Waals surface area contributed by atoms with Gasteiger partial charge in [-0.25, -0.2) is 9.37 Å². The van der Waals surface area contributed by atoms with Crippen molar-refractivity contribution in [3.8, 4) is 0 Å². The van der Waals surface area contributed by atoms with Crippen molar-refractivity contribution in [3.63, 3.8) is 0 Å². The fourth-order valence-corrected chi connectivity index (χ4v) is 3.70. The maximum absolute atomic E-state index is 13.4. The van der Waals surface area contributed by atoms with E-state index in [0.29, 0.717) is 29.9 Å². The summed E-state index contributed by atoms with van der Waals surface area (Å²) in [5, 5.41) is 2.82. The Bertz CT molecular complexity index is 1060. The summed E-state index contributed by atoms with van der Waals surface area (Å²) in [4.78, 5) is 36.7. The third-order valence-electron chi connectivity index (χ3n) is 5.16. The van der Waals surface area contributed by atoms with E-state index in [9.17, 15) is 14.0 Å². The van der Waals surface area contributed by atoms with Gasteiger partial charge in [-0.1, -0.05) is 0 Å². The van der Waals surface area contributed by atoms with E-state index < -0.39 is 6.04 Å². The zero-order chi connectivity index (χ0) is 21.3. The van der Waals surface area contributed by atoms with Crippen LogP contribution in [0.4, 0.5) is 10.1 Å². The Balaban J connectivity index is 1.74. The predicted octanol–water partition coefficient (Wildman–Crippen LogP) is 3.38. The average molecular weight is 407 g/mol. The van der Waals surface area contributed by atoms with Crippen LogP contribution in [0.2, 0.25) is 0 Å². The van der Waals surface area contributed by atoms with Crippen molar-refractivity contribution >= 4 is 17.5 Å². The van der Waals surface area contributed by atoms with Crippen molar-refractivity contribution in [1.82, 2.24) is 19.4 Å². The second-order valence-corrected chi connectivity index (χ2v) is 7.47. The van der Waals surface area contributed by atoms with E-state index >= 15 is 0 Å². The molecule has 1 atom stereocenters. The van der Waals surface area contributed by atoms with Gasteiger partial charge in [0.2, 0.25) is 0 Å². The van der Waals surface area contributed by atoms with E-state index in [4.69, 9.17) is 0 Å². The molecular formula is C22H22FN5O2. The molecule has 0 fully saturated rings. The van der Waals surface area contributed by atoms with Crippen molar-refractivity contribution in [2.45, 2.75) is 32.4 Å². The number of aromatic nitrogens is 3. The first-order chi connectivity index (χ1) is 14.5. The van der Waals surface area contributed by atoms with Gasteiger partial charge in [0.1, 0.15) is 5.82 Å². The molecule has 2 amide bonds. The lowest BCUT2D eigenvalue weighted by Gasteiger charge is -2.36. The first-order valence-corrected chi connectivity index (χ1v) is 9.78. The Labute approximate surface area is 173 Å². The molecule has 0 spiro atoms. The highest BCUT2D eigenvalue weighted by atomic mass is 19.1. The fourth-order valence-electron chi connectivity index (χ4n) is 3.70. The number of anilines is 1. The number of hydrogen-bond donors (Lipinski definition) is 1. The molecule has 2 aromatic heterocycles. The Kier molecular flexibility index (Phi) is 5.31. The van der Waals surface area contributed by atoms with Gasteiger partial charge in [-0.3, -0.25) is 14.6 Å². The smallest absolute Gasteiger partial charge is 0.256 e. The monoisotopic (exact) mass is 407 g/mol. The van der Waals surface area contributed by atoms with Crippen LogP contribution in [0.15, 0.2) is 55.1 Å². The predicted molar refractivity (Wildman–Crippen MR) is 109 cm³/mol. The maximum atomic E-state index is 13.4. The van der Waals surface area contributed by atoms with E-state index in [0.717, 1.165) is 5.69 Å². The van der Waals surface area contributed by atoms with Crippen LogP contribution in [0, 0.1) is 5.82 Å². The van der Waals surface area contributed by atoms with Gasteiger partial charge in [0.25, 0.3) is 11.8 Å². The molecule has 1 aliphatic rings. The topological polar surface area (TPSA) is 80.1 Å². The molecule has 0 aliphatic carbocycles. The van der Waals surface area contributed by atoms with E-state index in [1.165, 1.54) is 30.5 Å². The molecule has 1 unspecified atom stereocenters. The molecule has 30 heavy (non-hydrogen) atoms. The van der Waals surface area contributed by atoms with Crippen molar-refractivity contribution < 1.29 is 14.0 Å². The number of carbonyl (C=O) groups excluding carboxylic acids is 2. The highest BCUT2D eigenvalue weighted by Gasteiger charge is 2.40. The Morgan fingerprint density at radius 3 is 2.63 bits per heavy atom. The molecule has 0 saturated heterocycles. The van der Waals surface area contributed by atoms with Crippen LogP contribution in [0.5, 0.6) is 0 Å². The molecule has 7 nitrogen and oxygen atoms in total. The quantitative estimate of drug-likeness (QED) is 0.719. The standard InChI is InChI=1S/C22H22FN5O2/c1-14(2)28-13-25-18-9-11-27(22(30)15-4-3-10-24-12-15)20(19(18)28)21(29)26-17-7-5-16(23)6-8-17/h3-8,10,12-14,20H,9,11H2,1-2H3,(H,26,29). The van der Waals surface area contributed by atoms with Crippen molar-refractivity contribution in [2.75, 3.05) is 11.9 Å². The highest BCUT2D eigenvalue weighted by molar-refractivity contribution is 6.01. The van der Waals surface area contributed by atoms with Crippen molar-refractivity contribution in [2.24, 2.45) is 0 Å². The molecule has 1 aliphatic heterocycles. The average Bonchev–Trinajstić information content (AvgIpc) is 3.19. The minimum Gasteiger partial charge on any atom is -0.330 e. The van der Waals surface area contributed by atoms with Crippen LogP contribution >= 0.6 is 0 Å². The number of benzene rings is 1. The van der Waals surface area contributed by atoms with Gasteiger partial charge < -0.3 is 14.8 Å². The number of rotatable bonds is 4. The van der Waals surface area contributed by atoms with Gasteiger partial charge in [-0.05, 0) is 50.2 Å². The molecule has 3 heterocycles. The summed E-state index contributed by atoms with van der Waals surface area (Å²) in [6.07, 6.45) is 5.36. The third kappa shape index (κ3) is 3.68. The molecule has 154 valence electrons. The summed E-state index contributed by atoms with van der Waals surface area (Å²) in [6, 6.07) is 8.10. The van der Waals surface area contributed by atoms with Crippen LogP contribution < -0.4 is 5.32 Å². The largest absolute Gasteiger partial charge is 0.330 e. The lowest BCUT2D eigenvalue weighted by atomic mass is 9.99. The first kappa shape index (κ1) is 19.8. The van der Waals surface area contributed by atoms with E-state index in [-0.39, 0.29) is 23.7 Å². The number of carbonyl (C=O) groups is 2.